The largest absolute Gasteiger partial charge is 0.493 e. The molecule has 0 saturated carbocycles. The molecule has 188 valence electrons. The summed E-state index contributed by atoms with van der Waals surface area (Å²) in [6.07, 6.45) is -5.51. The smallest absolute Gasteiger partial charge is 0.422 e. The van der Waals surface area contributed by atoms with Gasteiger partial charge >= 0.3 is 12.3 Å². The minimum Gasteiger partial charge on any atom is -0.493 e. The molecule has 0 aliphatic carbocycles. The maximum Gasteiger partial charge on any atom is 0.422 e. The fourth-order valence-corrected chi connectivity index (χ4v) is 2.80. The summed E-state index contributed by atoms with van der Waals surface area (Å²) in [7, 11) is 1.33. The minimum absolute atomic E-state index is 0.0357. The molecule has 0 aliphatic rings. The van der Waals surface area contributed by atoms with Crippen LogP contribution >= 0.6 is 0 Å². The van der Waals surface area contributed by atoms with Crippen LogP contribution in [-0.2, 0) is 16.0 Å². The molecule has 0 aromatic heterocycles. The molecule has 1 rings (SSSR count). The number of carbonyl (C=O) groups is 2. The number of hydrogen-bond acceptors (Lipinski definition) is 5. The first-order valence-electron chi connectivity index (χ1n) is 10.6. The average Bonchev–Trinajstić information content (AvgIpc) is 2.62. The minimum atomic E-state index is -4.48. The van der Waals surface area contributed by atoms with E-state index in [0.29, 0.717) is 18.4 Å². The van der Waals surface area contributed by atoms with Crippen molar-refractivity contribution in [2.75, 3.05) is 20.3 Å². The molecule has 1 atom stereocenters. The summed E-state index contributed by atoms with van der Waals surface area (Å²) in [5.41, 5.74) is -0.141. The van der Waals surface area contributed by atoms with Gasteiger partial charge in [-0.05, 0) is 56.7 Å². The van der Waals surface area contributed by atoms with Gasteiger partial charge in [0.15, 0.2) is 24.2 Å². The van der Waals surface area contributed by atoms with Crippen LogP contribution in [0.25, 0.3) is 0 Å². The van der Waals surface area contributed by atoms with Crippen molar-refractivity contribution < 1.29 is 37.0 Å². The van der Waals surface area contributed by atoms with Crippen molar-refractivity contribution >= 4 is 12.0 Å². The summed E-state index contributed by atoms with van der Waals surface area (Å²) in [5.74, 6) is -0.307. The predicted octanol–water partition coefficient (Wildman–Crippen LogP) is 4.62. The number of amides is 2. The summed E-state index contributed by atoms with van der Waals surface area (Å²) in [6.45, 7) is 9.94. The fourth-order valence-electron chi connectivity index (χ4n) is 2.80. The molecule has 0 unspecified atom stereocenters. The van der Waals surface area contributed by atoms with E-state index in [1.165, 1.54) is 19.2 Å². The Kier molecular flexibility index (Phi) is 9.87. The lowest BCUT2D eigenvalue weighted by atomic mass is 9.89. The molecule has 2 amide bonds. The lowest BCUT2D eigenvalue weighted by Crippen LogP contribution is -2.46. The third-order valence-electron chi connectivity index (χ3n) is 4.15. The highest BCUT2D eigenvalue weighted by molar-refractivity contribution is 5.83. The highest BCUT2D eigenvalue weighted by Crippen LogP contribution is 2.30. The molecule has 7 nitrogen and oxygen atoms in total. The zero-order valence-electron chi connectivity index (χ0n) is 20.3. The molecule has 1 aromatic carbocycles. The van der Waals surface area contributed by atoms with E-state index in [4.69, 9.17) is 14.2 Å². The number of halogens is 3. The van der Waals surface area contributed by atoms with Crippen LogP contribution in [0.1, 0.15) is 53.5 Å². The Balaban J connectivity index is 2.77. The molecule has 0 aliphatic heterocycles. The lowest BCUT2D eigenvalue weighted by molar-refractivity contribution is -0.153. The van der Waals surface area contributed by atoms with Gasteiger partial charge in [-0.3, -0.25) is 4.79 Å². The third-order valence-corrected chi connectivity index (χ3v) is 4.15. The average molecular weight is 477 g/mol. The first-order chi connectivity index (χ1) is 15.0. The monoisotopic (exact) mass is 476 g/mol. The number of carbonyl (C=O) groups excluding carboxylic acids is 2. The molecular weight excluding hydrogens is 441 g/mol. The van der Waals surface area contributed by atoms with Gasteiger partial charge in [0, 0.05) is 12.1 Å². The van der Waals surface area contributed by atoms with E-state index < -0.39 is 36.4 Å². The van der Waals surface area contributed by atoms with Gasteiger partial charge in [-0.25, -0.2) is 4.79 Å². The number of ether oxygens (including phenoxy) is 3. The predicted molar refractivity (Wildman–Crippen MR) is 118 cm³/mol. The Morgan fingerprint density at radius 1 is 1.03 bits per heavy atom. The Bertz CT molecular complexity index is 799. The molecular formula is C23H35F3N2O5. The van der Waals surface area contributed by atoms with Crippen LogP contribution < -0.4 is 20.1 Å². The second kappa shape index (κ2) is 11.5. The van der Waals surface area contributed by atoms with Gasteiger partial charge in [0.05, 0.1) is 7.11 Å². The zero-order valence-corrected chi connectivity index (χ0v) is 20.3. The second-order valence-electron chi connectivity index (χ2n) is 9.96. The Morgan fingerprint density at radius 2 is 1.67 bits per heavy atom. The van der Waals surface area contributed by atoms with Crippen molar-refractivity contribution in [3.63, 3.8) is 0 Å². The first kappa shape index (κ1) is 28.4. The van der Waals surface area contributed by atoms with Crippen LogP contribution in [-0.4, -0.2) is 50.1 Å². The van der Waals surface area contributed by atoms with Gasteiger partial charge in [0.2, 0.25) is 0 Å². The molecule has 0 radical (unpaired) electrons. The number of methoxy groups -OCH3 is 1. The summed E-state index contributed by atoms with van der Waals surface area (Å²) >= 11 is 0. The fraction of sp³-hybridized carbons (Fsp3) is 0.652. The molecule has 0 spiro atoms. The normalized spacial score (nSPS) is 13.2. The standard InChI is InChI=1S/C23H35F3N2O5/c1-21(2,3)13-18(33-20(30)28-22(4,5)6)19(29)27-11-10-15-8-9-16(31-7)17(12-15)32-14-23(24,25)26/h8-9,12,18H,10-11,13-14H2,1-7H3,(H,27,29)(H,28,30)/t18-/m1/s1. The van der Waals surface area contributed by atoms with Crippen molar-refractivity contribution in [3.8, 4) is 11.5 Å². The van der Waals surface area contributed by atoms with Gasteiger partial charge in [-0.15, -0.1) is 0 Å². The quantitative estimate of drug-likeness (QED) is 0.543. The maximum atomic E-state index is 12.7. The Morgan fingerprint density at radius 3 is 2.18 bits per heavy atom. The number of nitrogens with one attached hydrogen (secondary N) is 2. The van der Waals surface area contributed by atoms with Crippen molar-refractivity contribution in [3.05, 3.63) is 23.8 Å². The van der Waals surface area contributed by atoms with Crippen LogP contribution in [0.2, 0.25) is 0 Å². The van der Waals surface area contributed by atoms with Gasteiger partial charge in [-0.2, -0.15) is 13.2 Å². The summed E-state index contributed by atoms with van der Waals surface area (Å²) in [4.78, 5) is 24.9. The van der Waals surface area contributed by atoms with E-state index >= 15 is 0 Å². The molecule has 0 heterocycles. The van der Waals surface area contributed by atoms with Gasteiger partial charge in [0.1, 0.15) is 0 Å². The summed E-state index contributed by atoms with van der Waals surface area (Å²) < 4.78 is 52.7. The topological polar surface area (TPSA) is 85.9 Å². The highest BCUT2D eigenvalue weighted by atomic mass is 19.4. The van der Waals surface area contributed by atoms with Crippen molar-refractivity contribution in [2.24, 2.45) is 5.41 Å². The van der Waals surface area contributed by atoms with E-state index in [1.54, 1.807) is 26.8 Å². The Labute approximate surface area is 193 Å². The van der Waals surface area contributed by atoms with Crippen LogP contribution in [0.3, 0.4) is 0 Å². The zero-order chi connectivity index (χ0) is 25.4. The van der Waals surface area contributed by atoms with Crippen molar-refractivity contribution in [1.82, 2.24) is 10.6 Å². The maximum absolute atomic E-state index is 12.7. The SMILES string of the molecule is COc1ccc(CCNC(=O)[C@@H](CC(C)(C)C)OC(=O)NC(C)(C)C)cc1OCC(F)(F)F. The highest BCUT2D eigenvalue weighted by Gasteiger charge is 2.30. The van der Waals surface area contributed by atoms with Crippen molar-refractivity contribution in [1.29, 1.82) is 0 Å². The van der Waals surface area contributed by atoms with E-state index in [0.717, 1.165) is 0 Å². The van der Waals surface area contributed by atoms with Crippen molar-refractivity contribution in [2.45, 2.75) is 72.2 Å². The van der Waals surface area contributed by atoms with E-state index in [9.17, 15) is 22.8 Å². The lowest BCUT2D eigenvalue weighted by Gasteiger charge is -2.27. The van der Waals surface area contributed by atoms with E-state index in [1.807, 2.05) is 20.8 Å². The molecule has 2 N–H and O–H groups in total. The third kappa shape index (κ3) is 12.2. The number of alkyl carbamates (subject to hydrolysis) is 1. The van der Waals surface area contributed by atoms with E-state index in [2.05, 4.69) is 10.6 Å². The molecule has 0 bridgehead atoms. The molecule has 33 heavy (non-hydrogen) atoms. The number of benzene rings is 1. The number of alkyl halides is 3. The molecule has 0 saturated heterocycles. The number of hydrogen-bond donors (Lipinski definition) is 2. The van der Waals surface area contributed by atoms with Crippen LogP contribution in [0.15, 0.2) is 18.2 Å². The molecule has 1 aromatic rings. The summed E-state index contributed by atoms with van der Waals surface area (Å²) in [5, 5.41) is 5.40. The van der Waals surface area contributed by atoms with Gasteiger partial charge in [-0.1, -0.05) is 26.8 Å². The molecule has 0 fully saturated rings. The van der Waals surface area contributed by atoms with Crippen LogP contribution in [0.5, 0.6) is 11.5 Å². The Hall–Kier alpha value is -2.65. The van der Waals surface area contributed by atoms with E-state index in [-0.39, 0.29) is 23.5 Å². The van der Waals surface area contributed by atoms with Crippen LogP contribution in [0, 0.1) is 5.41 Å². The van der Waals surface area contributed by atoms with Gasteiger partial charge < -0.3 is 24.8 Å². The second-order valence-corrected chi connectivity index (χ2v) is 9.96. The van der Waals surface area contributed by atoms with Gasteiger partial charge in [0.25, 0.3) is 5.91 Å². The van der Waals surface area contributed by atoms with Crippen LogP contribution in [0.4, 0.5) is 18.0 Å². The molecule has 10 heteroatoms. The summed E-state index contributed by atoms with van der Waals surface area (Å²) in [6, 6.07) is 4.62. The first-order valence-corrected chi connectivity index (χ1v) is 10.6. The number of rotatable bonds is 9.